The lowest BCUT2D eigenvalue weighted by molar-refractivity contribution is -0.384. The number of nitro groups is 1. The van der Waals surface area contributed by atoms with E-state index in [1.54, 1.807) is 12.1 Å². The fraction of sp³-hybridized carbons (Fsp3) is 0.600. The van der Waals surface area contributed by atoms with E-state index in [2.05, 4.69) is 17.1 Å². The van der Waals surface area contributed by atoms with Gasteiger partial charge in [-0.1, -0.05) is 64.7 Å². The molecule has 0 spiro atoms. The molecule has 8 nitrogen and oxygen atoms in total. The van der Waals surface area contributed by atoms with Crippen LogP contribution in [0.2, 0.25) is 0 Å². The van der Waals surface area contributed by atoms with Crippen LogP contribution in [0.1, 0.15) is 95.2 Å². The Hall–Kier alpha value is -2.90. The smallest absolute Gasteiger partial charge is 0.269 e. The molecule has 3 rings (SSSR count). The molecule has 0 radical (unpaired) electrons. The van der Waals surface area contributed by atoms with Crippen LogP contribution in [0.15, 0.2) is 30.3 Å². The number of aryl methyl sites for hydroxylation is 2. The summed E-state index contributed by atoms with van der Waals surface area (Å²) in [7, 11) is 1.91. The quantitative estimate of drug-likeness (QED) is 0.144. The monoisotopic (exact) mass is 455 g/mol. The van der Waals surface area contributed by atoms with Gasteiger partial charge in [-0.25, -0.2) is 4.68 Å². The Labute approximate surface area is 196 Å². The first-order chi connectivity index (χ1) is 16.0. The Kier molecular flexibility index (Phi) is 9.27. The van der Waals surface area contributed by atoms with Crippen molar-refractivity contribution in [3.8, 4) is 5.75 Å². The number of nitrogens with zero attached hydrogens (tertiary/aromatic N) is 5. The number of hydrogen-bond acceptors (Lipinski definition) is 5. The van der Waals surface area contributed by atoms with Crippen molar-refractivity contribution in [3.63, 3.8) is 0 Å². The molecule has 1 aromatic carbocycles. The van der Waals surface area contributed by atoms with E-state index in [9.17, 15) is 10.1 Å². The summed E-state index contributed by atoms with van der Waals surface area (Å²) in [6, 6.07) is 8.24. The molecular formula is C25H37N5O3. The van der Waals surface area contributed by atoms with Crippen molar-refractivity contribution in [2.45, 2.75) is 90.6 Å². The van der Waals surface area contributed by atoms with Crippen molar-refractivity contribution in [1.29, 1.82) is 0 Å². The van der Waals surface area contributed by atoms with Crippen molar-refractivity contribution < 1.29 is 9.66 Å². The molecule has 8 heteroatoms. The molecule has 0 aliphatic heterocycles. The van der Waals surface area contributed by atoms with Gasteiger partial charge in [0.2, 0.25) is 0 Å². The molecule has 1 unspecified atom stereocenters. The summed E-state index contributed by atoms with van der Waals surface area (Å²) in [6.07, 6.45) is 13.3. The molecule has 2 heterocycles. The summed E-state index contributed by atoms with van der Waals surface area (Å²) in [6.45, 7) is 4.22. The largest absolute Gasteiger partial charge is 0.482 e. The van der Waals surface area contributed by atoms with Crippen LogP contribution in [0, 0.1) is 17.0 Å². The number of ether oxygens (including phenoxy) is 1. The second-order valence-corrected chi connectivity index (χ2v) is 8.87. The molecule has 3 aromatic rings. The van der Waals surface area contributed by atoms with Crippen molar-refractivity contribution >= 4 is 11.3 Å². The van der Waals surface area contributed by atoms with E-state index in [0.29, 0.717) is 5.75 Å². The first kappa shape index (κ1) is 24.7. The van der Waals surface area contributed by atoms with Crippen LogP contribution in [0.4, 0.5) is 5.69 Å². The van der Waals surface area contributed by atoms with Crippen LogP contribution >= 0.6 is 0 Å². The molecule has 180 valence electrons. The van der Waals surface area contributed by atoms with E-state index in [1.807, 2.05) is 29.2 Å². The van der Waals surface area contributed by atoms with Crippen LogP contribution in [-0.2, 0) is 7.05 Å². The number of nitro benzene ring substituents is 1. The highest BCUT2D eigenvalue weighted by molar-refractivity contribution is 5.41. The van der Waals surface area contributed by atoms with Gasteiger partial charge in [0.05, 0.1) is 10.6 Å². The van der Waals surface area contributed by atoms with Crippen LogP contribution in [0.5, 0.6) is 5.75 Å². The number of fused-ring (bicyclic) bond motifs is 1. The highest BCUT2D eigenvalue weighted by Gasteiger charge is 2.23. The minimum atomic E-state index is -0.403. The van der Waals surface area contributed by atoms with Gasteiger partial charge in [-0.15, -0.1) is 0 Å². The second kappa shape index (κ2) is 12.4. The summed E-state index contributed by atoms with van der Waals surface area (Å²) in [4.78, 5) is 10.6. The number of benzene rings is 1. The van der Waals surface area contributed by atoms with Crippen molar-refractivity contribution in [1.82, 2.24) is 19.4 Å². The molecule has 2 aromatic heterocycles. The second-order valence-electron chi connectivity index (χ2n) is 8.87. The summed E-state index contributed by atoms with van der Waals surface area (Å²) in [5, 5.41) is 20.2. The molecule has 0 saturated heterocycles. The number of hydrogen-bond donors (Lipinski definition) is 0. The van der Waals surface area contributed by atoms with Crippen LogP contribution < -0.4 is 4.74 Å². The standard InChI is InChI=1S/C25H37N5O3/c1-4-5-6-7-8-9-10-11-12-13-14-23(33-22-17-15-21(16-18-22)30(31)32)25-27-28(3)24-19-20(2)26-29(24)25/h15-19,23H,4-14H2,1-3H3. The molecule has 0 saturated carbocycles. The van der Waals surface area contributed by atoms with Gasteiger partial charge in [-0.05, 0) is 31.9 Å². The Bertz CT molecular complexity index is 1010. The van der Waals surface area contributed by atoms with E-state index in [4.69, 9.17) is 4.74 Å². The first-order valence-corrected chi connectivity index (χ1v) is 12.3. The first-order valence-electron chi connectivity index (χ1n) is 12.3. The van der Waals surface area contributed by atoms with Crippen LogP contribution in [0.25, 0.3) is 5.65 Å². The molecule has 0 fully saturated rings. The lowest BCUT2D eigenvalue weighted by atomic mass is 10.0. The highest BCUT2D eigenvalue weighted by Crippen LogP contribution is 2.28. The molecule has 0 N–H and O–H groups in total. The highest BCUT2D eigenvalue weighted by atomic mass is 16.6. The van der Waals surface area contributed by atoms with Gasteiger partial charge in [0.1, 0.15) is 5.75 Å². The van der Waals surface area contributed by atoms with Crippen molar-refractivity contribution in [3.05, 3.63) is 52.0 Å². The Morgan fingerprint density at radius 2 is 1.58 bits per heavy atom. The zero-order valence-electron chi connectivity index (χ0n) is 20.2. The maximum Gasteiger partial charge on any atom is 0.269 e. The number of unbranched alkanes of at least 4 members (excludes halogenated alkanes) is 9. The van der Waals surface area contributed by atoms with E-state index >= 15 is 0 Å². The Morgan fingerprint density at radius 1 is 0.970 bits per heavy atom. The van der Waals surface area contributed by atoms with Crippen LogP contribution in [-0.4, -0.2) is 24.3 Å². The number of rotatable bonds is 15. The maximum atomic E-state index is 11.0. The van der Waals surface area contributed by atoms with Gasteiger partial charge >= 0.3 is 0 Å². The third-order valence-electron chi connectivity index (χ3n) is 6.05. The average molecular weight is 456 g/mol. The third-order valence-corrected chi connectivity index (χ3v) is 6.05. The molecule has 1 atom stereocenters. The lowest BCUT2D eigenvalue weighted by Crippen LogP contribution is -2.13. The summed E-state index contributed by atoms with van der Waals surface area (Å²) in [5.74, 6) is 1.36. The topological polar surface area (TPSA) is 87.5 Å². The Balaban J connectivity index is 1.59. The minimum absolute atomic E-state index is 0.0523. The molecule has 0 aliphatic rings. The average Bonchev–Trinajstić information content (AvgIpc) is 3.32. The predicted octanol–water partition coefficient (Wildman–Crippen LogP) is 6.72. The number of non-ortho nitro benzene ring substituents is 1. The minimum Gasteiger partial charge on any atom is -0.482 e. The van der Waals surface area contributed by atoms with Crippen molar-refractivity contribution in [2.24, 2.45) is 7.05 Å². The van der Waals surface area contributed by atoms with E-state index in [0.717, 1.165) is 36.4 Å². The molecule has 0 bridgehead atoms. The maximum absolute atomic E-state index is 11.0. The van der Waals surface area contributed by atoms with Gasteiger partial charge in [-0.2, -0.15) is 14.7 Å². The van der Waals surface area contributed by atoms with Gasteiger partial charge in [0.25, 0.3) is 5.69 Å². The normalized spacial score (nSPS) is 12.3. The fourth-order valence-electron chi connectivity index (χ4n) is 4.20. The van der Waals surface area contributed by atoms with E-state index in [-0.39, 0.29) is 11.8 Å². The predicted molar refractivity (Wildman–Crippen MR) is 130 cm³/mol. The van der Waals surface area contributed by atoms with Crippen LogP contribution in [0.3, 0.4) is 0 Å². The summed E-state index contributed by atoms with van der Waals surface area (Å²) < 4.78 is 9.96. The zero-order chi connectivity index (χ0) is 23.6. The molecule has 33 heavy (non-hydrogen) atoms. The van der Waals surface area contributed by atoms with Crippen molar-refractivity contribution in [2.75, 3.05) is 0 Å². The van der Waals surface area contributed by atoms with Gasteiger partial charge in [-0.3, -0.25) is 10.1 Å². The van der Waals surface area contributed by atoms with Gasteiger partial charge in [0, 0.05) is 25.2 Å². The molecule has 0 aliphatic carbocycles. The molecular weight excluding hydrogens is 418 g/mol. The third kappa shape index (κ3) is 7.04. The lowest BCUT2D eigenvalue weighted by Gasteiger charge is -2.17. The van der Waals surface area contributed by atoms with Gasteiger partial charge in [0.15, 0.2) is 17.6 Å². The zero-order valence-corrected chi connectivity index (χ0v) is 20.2. The fourth-order valence-corrected chi connectivity index (χ4v) is 4.20. The molecule has 0 amide bonds. The van der Waals surface area contributed by atoms with E-state index in [1.165, 1.54) is 63.5 Å². The van der Waals surface area contributed by atoms with Gasteiger partial charge < -0.3 is 4.74 Å². The summed E-state index contributed by atoms with van der Waals surface area (Å²) in [5.41, 5.74) is 1.90. The van der Waals surface area contributed by atoms with E-state index < -0.39 is 4.92 Å². The summed E-state index contributed by atoms with van der Waals surface area (Å²) >= 11 is 0. The SMILES string of the molecule is CCCCCCCCCCCCC(Oc1ccc([N+](=O)[O-])cc1)c1nn(C)c2cc(C)nn12. The number of aromatic nitrogens is 4. The Morgan fingerprint density at radius 3 is 2.18 bits per heavy atom.